The highest BCUT2D eigenvalue weighted by Crippen LogP contribution is 2.56. The fourth-order valence-corrected chi connectivity index (χ4v) is 3.14. The molecular weight excluding hydrogens is 158 g/mol. The maximum atomic E-state index is 5.68. The monoisotopic (exact) mass is 171 g/mol. The van der Waals surface area contributed by atoms with E-state index >= 15 is 0 Å². The molecule has 0 aromatic heterocycles. The Morgan fingerprint density at radius 1 is 1.73 bits per heavy atom. The summed E-state index contributed by atoms with van der Waals surface area (Å²) in [6.45, 7) is 6.40. The molecule has 0 aromatic rings. The molecule has 3 unspecified atom stereocenters. The van der Waals surface area contributed by atoms with Gasteiger partial charge in [0.05, 0.1) is 0 Å². The van der Waals surface area contributed by atoms with Crippen molar-refractivity contribution in [1.29, 1.82) is 0 Å². The van der Waals surface area contributed by atoms with Gasteiger partial charge in [-0.1, -0.05) is 19.1 Å². The summed E-state index contributed by atoms with van der Waals surface area (Å²) in [5.74, 6) is 0.747. The highest BCUT2D eigenvalue weighted by Gasteiger charge is 2.50. The average Bonchev–Trinajstić information content (AvgIpc) is 2.42. The highest BCUT2D eigenvalue weighted by molar-refractivity contribution is 6.13. The molecule has 3 atom stereocenters. The van der Waals surface area contributed by atoms with E-state index in [9.17, 15) is 0 Å². The molecule has 2 heteroatoms. The molecule has 62 valence electrons. The number of hydrogen-bond acceptors (Lipinski definition) is 1. The van der Waals surface area contributed by atoms with E-state index in [1.807, 2.05) is 0 Å². The van der Waals surface area contributed by atoms with Crippen LogP contribution in [0.4, 0.5) is 0 Å². The van der Waals surface area contributed by atoms with Crippen LogP contribution in [0.15, 0.2) is 12.2 Å². The van der Waals surface area contributed by atoms with Gasteiger partial charge in [0.1, 0.15) is 0 Å². The smallest absolute Gasteiger partial charge is 0.0484 e. The number of fused-ring (bicyclic) bond motifs is 2. The lowest BCUT2D eigenvalue weighted by Gasteiger charge is -2.31. The molecule has 1 N–H and O–H groups in total. The van der Waals surface area contributed by atoms with Gasteiger partial charge in [0.2, 0.25) is 0 Å². The Labute approximate surface area is 72.9 Å². The molecule has 11 heavy (non-hydrogen) atoms. The summed E-state index contributed by atoms with van der Waals surface area (Å²) >= 11 is 5.68. The van der Waals surface area contributed by atoms with Crippen molar-refractivity contribution in [2.24, 2.45) is 11.3 Å². The first kappa shape index (κ1) is 7.63. The quantitative estimate of drug-likeness (QED) is 0.472. The van der Waals surface area contributed by atoms with Crippen LogP contribution in [0.25, 0.3) is 0 Å². The largest absolute Gasteiger partial charge is 0.226 e. The van der Waals surface area contributed by atoms with Crippen LogP contribution in [0, 0.1) is 11.3 Å². The first-order chi connectivity index (χ1) is 5.17. The molecule has 1 nitrogen and oxygen atoms in total. The molecule has 0 heterocycles. The molecule has 0 radical (unpaired) electrons. The van der Waals surface area contributed by atoms with E-state index < -0.39 is 0 Å². The van der Waals surface area contributed by atoms with Crippen molar-refractivity contribution in [2.75, 3.05) is 0 Å². The molecule has 2 fully saturated rings. The Bertz CT molecular complexity index is 202. The normalized spacial score (nSPS) is 48.7. The molecule has 2 saturated carbocycles. The number of nitrogens with one attached hydrogen (secondary N) is 1. The van der Waals surface area contributed by atoms with Crippen molar-refractivity contribution in [1.82, 2.24) is 4.84 Å². The second-order valence-electron chi connectivity index (χ2n) is 4.21. The van der Waals surface area contributed by atoms with Crippen LogP contribution >= 0.6 is 11.8 Å². The van der Waals surface area contributed by atoms with Gasteiger partial charge in [-0.25, -0.2) is 4.84 Å². The summed E-state index contributed by atoms with van der Waals surface area (Å²) in [6.07, 6.45) is 3.92. The fraction of sp³-hybridized carbons (Fsp3) is 0.778. The molecule has 0 spiro atoms. The Hall–Kier alpha value is -0.0100. The summed E-state index contributed by atoms with van der Waals surface area (Å²) in [5.41, 5.74) is 1.73. The van der Waals surface area contributed by atoms with Crippen molar-refractivity contribution >= 4 is 11.8 Å². The minimum atomic E-state index is 0.364. The third-order valence-corrected chi connectivity index (χ3v) is 3.70. The Balaban J connectivity index is 2.28. The van der Waals surface area contributed by atoms with Gasteiger partial charge < -0.3 is 0 Å². The van der Waals surface area contributed by atoms with Crippen molar-refractivity contribution in [3.05, 3.63) is 12.2 Å². The molecule has 0 aromatic carbocycles. The van der Waals surface area contributed by atoms with E-state index in [2.05, 4.69) is 18.3 Å². The van der Waals surface area contributed by atoms with Crippen LogP contribution in [-0.4, -0.2) is 6.04 Å². The molecule has 2 bridgehead atoms. The number of halogens is 1. The minimum absolute atomic E-state index is 0.364. The third-order valence-electron chi connectivity index (χ3n) is 3.48. The molecule has 2 aliphatic rings. The van der Waals surface area contributed by atoms with E-state index in [1.165, 1.54) is 24.8 Å². The topological polar surface area (TPSA) is 12.0 Å². The lowest BCUT2D eigenvalue weighted by Crippen LogP contribution is -2.36. The van der Waals surface area contributed by atoms with Gasteiger partial charge in [-0.3, -0.25) is 0 Å². The number of hydrogen-bond donors (Lipinski definition) is 1. The van der Waals surface area contributed by atoms with Crippen LogP contribution in [0.3, 0.4) is 0 Å². The van der Waals surface area contributed by atoms with Gasteiger partial charge in [-0.05, 0) is 42.4 Å². The first-order valence-electron chi connectivity index (χ1n) is 4.22. The summed E-state index contributed by atoms with van der Waals surface area (Å²) in [6, 6.07) is 0.364. The summed E-state index contributed by atoms with van der Waals surface area (Å²) < 4.78 is 0. The molecule has 2 aliphatic carbocycles. The molecule has 0 aliphatic heterocycles. The van der Waals surface area contributed by atoms with Gasteiger partial charge in [0, 0.05) is 6.04 Å². The van der Waals surface area contributed by atoms with Crippen molar-refractivity contribution in [2.45, 2.75) is 32.2 Å². The lowest BCUT2D eigenvalue weighted by atomic mass is 9.81. The zero-order chi connectivity index (χ0) is 8.06. The predicted molar refractivity (Wildman–Crippen MR) is 47.4 cm³/mol. The molecule has 2 rings (SSSR count). The highest BCUT2D eigenvalue weighted by atomic mass is 35.5. The predicted octanol–water partition coefficient (Wildman–Crippen LogP) is 2.47. The zero-order valence-corrected chi connectivity index (χ0v) is 7.62. The average molecular weight is 172 g/mol. The van der Waals surface area contributed by atoms with Crippen molar-refractivity contribution in [3.8, 4) is 0 Å². The third kappa shape index (κ3) is 0.875. The van der Waals surface area contributed by atoms with Crippen molar-refractivity contribution < 1.29 is 0 Å². The first-order valence-corrected chi connectivity index (χ1v) is 4.60. The summed E-state index contributed by atoms with van der Waals surface area (Å²) in [4.78, 5) is 2.86. The Morgan fingerprint density at radius 3 is 2.82 bits per heavy atom. The van der Waals surface area contributed by atoms with Gasteiger partial charge in [-0.15, -0.1) is 0 Å². The second-order valence-corrected chi connectivity index (χ2v) is 4.43. The maximum absolute atomic E-state index is 5.68. The van der Waals surface area contributed by atoms with Gasteiger partial charge in [0.15, 0.2) is 0 Å². The maximum Gasteiger partial charge on any atom is 0.0484 e. The van der Waals surface area contributed by atoms with E-state index in [4.69, 9.17) is 11.8 Å². The zero-order valence-electron chi connectivity index (χ0n) is 6.86. The van der Waals surface area contributed by atoms with E-state index in [0.29, 0.717) is 11.5 Å². The fourth-order valence-electron chi connectivity index (χ4n) is 2.73. The Morgan fingerprint density at radius 2 is 2.45 bits per heavy atom. The summed E-state index contributed by atoms with van der Waals surface area (Å²) in [7, 11) is 0. The van der Waals surface area contributed by atoms with E-state index in [1.54, 1.807) is 0 Å². The van der Waals surface area contributed by atoms with Crippen LogP contribution in [-0.2, 0) is 0 Å². The minimum Gasteiger partial charge on any atom is -0.226 e. The Kier molecular flexibility index (Phi) is 1.55. The SMILES string of the molecule is C=C1C2CCC(C)(C2)C1NCl. The van der Waals surface area contributed by atoms with Crippen LogP contribution < -0.4 is 4.84 Å². The van der Waals surface area contributed by atoms with Crippen LogP contribution in [0.5, 0.6) is 0 Å². The molecule has 0 saturated heterocycles. The van der Waals surface area contributed by atoms with Crippen LogP contribution in [0.2, 0.25) is 0 Å². The van der Waals surface area contributed by atoms with E-state index in [-0.39, 0.29) is 0 Å². The second kappa shape index (κ2) is 2.24. The lowest BCUT2D eigenvalue weighted by molar-refractivity contribution is 0.298. The van der Waals surface area contributed by atoms with Gasteiger partial charge >= 0.3 is 0 Å². The summed E-state index contributed by atoms with van der Waals surface area (Å²) in [5, 5.41) is 0. The number of rotatable bonds is 1. The van der Waals surface area contributed by atoms with Gasteiger partial charge in [-0.2, -0.15) is 0 Å². The standard InChI is InChI=1S/C9H14ClN/c1-6-7-3-4-9(2,5-7)8(6)11-10/h7-8,11H,1,3-5H2,2H3. The van der Waals surface area contributed by atoms with E-state index in [0.717, 1.165) is 5.92 Å². The molecule has 0 amide bonds. The van der Waals surface area contributed by atoms with Gasteiger partial charge in [0.25, 0.3) is 0 Å². The van der Waals surface area contributed by atoms with Crippen LogP contribution in [0.1, 0.15) is 26.2 Å². The van der Waals surface area contributed by atoms with Crippen molar-refractivity contribution in [3.63, 3.8) is 0 Å². The molecular formula is C9H14ClN.